The third kappa shape index (κ3) is 5.15. The lowest BCUT2D eigenvalue weighted by Gasteiger charge is -2.08. The van der Waals surface area contributed by atoms with Gasteiger partial charge in [-0.25, -0.2) is 0 Å². The quantitative estimate of drug-likeness (QED) is 0.797. The number of nitrogens with one attached hydrogen (secondary N) is 2. The maximum absolute atomic E-state index is 11.8. The molecule has 5 nitrogen and oxygen atoms in total. The number of rotatable bonds is 5. The maximum Gasteiger partial charge on any atom is 0.313 e. The van der Waals surface area contributed by atoms with Crippen molar-refractivity contribution in [1.29, 1.82) is 0 Å². The fourth-order valence-electron chi connectivity index (χ4n) is 1.99. The van der Waals surface area contributed by atoms with E-state index >= 15 is 0 Å². The Kier molecular flexibility index (Phi) is 6.46. The van der Waals surface area contributed by atoms with Crippen molar-refractivity contribution < 1.29 is 14.3 Å². The Labute approximate surface area is 149 Å². The summed E-state index contributed by atoms with van der Waals surface area (Å²) >= 11 is 11.7. The molecule has 0 unspecified atom stereocenters. The van der Waals surface area contributed by atoms with Crippen LogP contribution in [0.2, 0.25) is 10.0 Å². The van der Waals surface area contributed by atoms with Gasteiger partial charge in [0.05, 0.1) is 17.2 Å². The molecule has 2 aromatic rings. The van der Waals surface area contributed by atoms with E-state index in [9.17, 15) is 9.59 Å². The predicted molar refractivity (Wildman–Crippen MR) is 94.8 cm³/mol. The summed E-state index contributed by atoms with van der Waals surface area (Å²) < 4.78 is 5.13. The molecule has 0 aromatic heterocycles. The zero-order valence-electron chi connectivity index (χ0n) is 12.9. The van der Waals surface area contributed by atoms with Crippen LogP contribution in [0.15, 0.2) is 42.5 Å². The summed E-state index contributed by atoms with van der Waals surface area (Å²) in [4.78, 5) is 23.6. The summed E-state index contributed by atoms with van der Waals surface area (Å²) in [6.45, 7) is 0.334. The SMILES string of the molecule is COc1cccc(CCNC(=O)C(=O)Nc2ccc(Cl)c(Cl)c2)c1. The minimum Gasteiger partial charge on any atom is -0.497 e. The van der Waals surface area contributed by atoms with Gasteiger partial charge in [0.1, 0.15) is 5.75 Å². The van der Waals surface area contributed by atoms with Crippen LogP contribution in [0.3, 0.4) is 0 Å². The van der Waals surface area contributed by atoms with E-state index < -0.39 is 11.8 Å². The van der Waals surface area contributed by atoms with Gasteiger partial charge in [-0.1, -0.05) is 35.3 Å². The summed E-state index contributed by atoms with van der Waals surface area (Å²) in [6, 6.07) is 12.1. The largest absolute Gasteiger partial charge is 0.497 e. The minimum atomic E-state index is -0.765. The van der Waals surface area contributed by atoms with Crippen molar-refractivity contribution in [2.75, 3.05) is 19.0 Å². The van der Waals surface area contributed by atoms with Gasteiger partial charge >= 0.3 is 11.8 Å². The third-order valence-corrected chi connectivity index (χ3v) is 3.96. The van der Waals surface area contributed by atoms with Crippen LogP contribution in [0.1, 0.15) is 5.56 Å². The zero-order valence-corrected chi connectivity index (χ0v) is 14.4. The van der Waals surface area contributed by atoms with E-state index in [0.717, 1.165) is 11.3 Å². The van der Waals surface area contributed by atoms with Gasteiger partial charge in [0.15, 0.2) is 0 Å². The van der Waals surface area contributed by atoms with Gasteiger partial charge in [-0.2, -0.15) is 0 Å². The van der Waals surface area contributed by atoms with Crippen LogP contribution >= 0.6 is 23.2 Å². The van der Waals surface area contributed by atoms with Crippen LogP contribution in [0.25, 0.3) is 0 Å². The van der Waals surface area contributed by atoms with Crippen molar-refractivity contribution in [2.24, 2.45) is 0 Å². The van der Waals surface area contributed by atoms with E-state index in [-0.39, 0.29) is 0 Å². The van der Waals surface area contributed by atoms with Crippen LogP contribution in [-0.4, -0.2) is 25.5 Å². The fourth-order valence-corrected chi connectivity index (χ4v) is 2.29. The predicted octanol–water partition coefficient (Wildman–Crippen LogP) is 3.30. The molecule has 2 rings (SSSR count). The average Bonchev–Trinajstić information content (AvgIpc) is 2.58. The van der Waals surface area contributed by atoms with Gasteiger partial charge < -0.3 is 15.4 Å². The molecule has 0 aliphatic heterocycles. The molecule has 2 aromatic carbocycles. The second-order valence-electron chi connectivity index (χ2n) is 4.94. The second kappa shape index (κ2) is 8.57. The summed E-state index contributed by atoms with van der Waals surface area (Å²) in [6.07, 6.45) is 0.586. The van der Waals surface area contributed by atoms with Crippen molar-refractivity contribution in [3.05, 3.63) is 58.1 Å². The highest BCUT2D eigenvalue weighted by molar-refractivity contribution is 6.42. The van der Waals surface area contributed by atoms with E-state index in [2.05, 4.69) is 10.6 Å². The topological polar surface area (TPSA) is 67.4 Å². The number of benzene rings is 2. The number of methoxy groups -OCH3 is 1. The summed E-state index contributed by atoms with van der Waals surface area (Å²) in [7, 11) is 1.59. The molecule has 0 atom stereocenters. The maximum atomic E-state index is 11.8. The summed E-state index contributed by atoms with van der Waals surface area (Å²) in [5.74, 6) is -0.737. The molecule has 0 radical (unpaired) electrons. The number of hydrogen-bond acceptors (Lipinski definition) is 3. The first-order valence-corrected chi connectivity index (χ1v) is 7.92. The molecule has 0 fully saturated rings. The number of amides is 2. The van der Waals surface area contributed by atoms with Gasteiger partial charge in [-0.3, -0.25) is 9.59 Å². The van der Waals surface area contributed by atoms with Crippen LogP contribution in [0.5, 0.6) is 5.75 Å². The molecule has 0 aliphatic carbocycles. The Hall–Kier alpha value is -2.24. The molecule has 7 heteroatoms. The molecule has 126 valence electrons. The molecule has 0 bridgehead atoms. The molecule has 0 spiro atoms. The van der Waals surface area contributed by atoms with Crippen molar-refractivity contribution in [1.82, 2.24) is 5.32 Å². The Morgan fingerprint density at radius 1 is 1.04 bits per heavy atom. The van der Waals surface area contributed by atoms with Crippen molar-refractivity contribution in [2.45, 2.75) is 6.42 Å². The Bertz CT molecular complexity index is 750. The zero-order chi connectivity index (χ0) is 17.5. The monoisotopic (exact) mass is 366 g/mol. The van der Waals surface area contributed by atoms with Crippen molar-refractivity contribution >= 4 is 40.7 Å². The minimum absolute atomic E-state index is 0.299. The highest BCUT2D eigenvalue weighted by Crippen LogP contribution is 2.24. The van der Waals surface area contributed by atoms with E-state index in [4.69, 9.17) is 27.9 Å². The number of halogens is 2. The van der Waals surface area contributed by atoms with Crippen LogP contribution in [0, 0.1) is 0 Å². The fraction of sp³-hybridized carbons (Fsp3) is 0.176. The Balaban J connectivity index is 1.83. The highest BCUT2D eigenvalue weighted by atomic mass is 35.5. The molecule has 0 heterocycles. The lowest BCUT2D eigenvalue weighted by Crippen LogP contribution is -2.36. The van der Waals surface area contributed by atoms with Gasteiger partial charge in [-0.05, 0) is 42.3 Å². The van der Waals surface area contributed by atoms with Gasteiger partial charge in [-0.15, -0.1) is 0 Å². The van der Waals surface area contributed by atoms with E-state index in [1.165, 1.54) is 6.07 Å². The molecule has 2 N–H and O–H groups in total. The standard InChI is InChI=1S/C17H16Cl2N2O3/c1-24-13-4-2-3-11(9-13)7-8-20-16(22)17(23)21-12-5-6-14(18)15(19)10-12/h2-6,9-10H,7-8H2,1H3,(H,20,22)(H,21,23). The van der Waals surface area contributed by atoms with Crippen molar-refractivity contribution in [3.8, 4) is 5.75 Å². The molecule has 0 saturated heterocycles. The summed E-state index contributed by atoms with van der Waals surface area (Å²) in [5, 5.41) is 5.70. The first-order chi connectivity index (χ1) is 11.5. The van der Waals surface area contributed by atoms with Gasteiger partial charge in [0.2, 0.25) is 0 Å². The average molecular weight is 367 g/mol. The van der Waals surface area contributed by atoms with Crippen LogP contribution in [0.4, 0.5) is 5.69 Å². The lowest BCUT2D eigenvalue weighted by atomic mass is 10.1. The molecular formula is C17H16Cl2N2O3. The number of carbonyl (C=O) groups excluding carboxylic acids is 2. The first-order valence-electron chi connectivity index (χ1n) is 7.17. The number of ether oxygens (including phenoxy) is 1. The first kappa shape index (κ1) is 18.1. The number of anilines is 1. The molecule has 24 heavy (non-hydrogen) atoms. The Morgan fingerprint density at radius 3 is 2.54 bits per heavy atom. The molecular weight excluding hydrogens is 351 g/mol. The Morgan fingerprint density at radius 2 is 1.83 bits per heavy atom. The number of hydrogen-bond donors (Lipinski definition) is 2. The van der Waals surface area contributed by atoms with E-state index in [1.54, 1.807) is 19.2 Å². The van der Waals surface area contributed by atoms with Gasteiger partial charge in [0, 0.05) is 12.2 Å². The van der Waals surface area contributed by atoms with Crippen LogP contribution in [-0.2, 0) is 16.0 Å². The van der Waals surface area contributed by atoms with Gasteiger partial charge in [0.25, 0.3) is 0 Å². The number of carbonyl (C=O) groups is 2. The smallest absolute Gasteiger partial charge is 0.313 e. The second-order valence-corrected chi connectivity index (χ2v) is 5.75. The normalized spacial score (nSPS) is 10.1. The third-order valence-electron chi connectivity index (χ3n) is 3.22. The van der Waals surface area contributed by atoms with E-state index in [1.807, 2.05) is 24.3 Å². The lowest BCUT2D eigenvalue weighted by molar-refractivity contribution is -0.136. The molecule has 0 aliphatic rings. The van der Waals surface area contributed by atoms with E-state index in [0.29, 0.717) is 28.7 Å². The van der Waals surface area contributed by atoms with Crippen LogP contribution < -0.4 is 15.4 Å². The summed E-state index contributed by atoms with van der Waals surface area (Å²) in [5.41, 5.74) is 1.40. The van der Waals surface area contributed by atoms with Crippen molar-refractivity contribution in [3.63, 3.8) is 0 Å². The molecule has 2 amide bonds. The highest BCUT2D eigenvalue weighted by Gasteiger charge is 2.13. The molecule has 0 saturated carbocycles.